The molecule has 3 aromatic rings. The molecule has 7 nitrogen and oxygen atoms in total. The second kappa shape index (κ2) is 8.89. The number of carbonyl (C=O) groups excluding carboxylic acids is 1. The zero-order chi connectivity index (χ0) is 21.8. The zero-order valence-electron chi connectivity index (χ0n) is 17.1. The zero-order valence-corrected chi connectivity index (χ0v) is 17.1. The Morgan fingerprint density at radius 3 is 2.26 bits per heavy atom. The molecule has 0 aliphatic carbocycles. The Bertz CT molecular complexity index is 1100. The minimum Gasteiger partial charge on any atom is -0.298 e. The Labute approximate surface area is 180 Å². The minimum absolute atomic E-state index is 0.0215. The maximum atomic E-state index is 13.0. The van der Waals surface area contributed by atoms with Crippen LogP contribution in [0.25, 0.3) is 0 Å². The van der Waals surface area contributed by atoms with Gasteiger partial charge in [-0.15, -0.1) is 0 Å². The molecule has 4 rings (SSSR count). The molecular weight excluding hydrogens is 392 g/mol. The van der Waals surface area contributed by atoms with Crippen molar-refractivity contribution in [3.05, 3.63) is 112 Å². The van der Waals surface area contributed by atoms with Crippen molar-refractivity contribution in [3.8, 4) is 0 Å². The highest BCUT2D eigenvalue weighted by Gasteiger charge is 2.43. The van der Waals surface area contributed by atoms with Gasteiger partial charge in [-0.25, -0.2) is 0 Å². The van der Waals surface area contributed by atoms with Crippen LogP contribution in [0.5, 0.6) is 0 Å². The van der Waals surface area contributed by atoms with E-state index in [1.54, 1.807) is 12.1 Å². The number of quaternary nitrogens is 1. The molecular formula is C24H23N4O3+. The Morgan fingerprint density at radius 1 is 1.03 bits per heavy atom. The van der Waals surface area contributed by atoms with Crippen LogP contribution in [0, 0.1) is 10.1 Å². The number of hydrazone groups is 1. The second-order valence-electron chi connectivity index (χ2n) is 7.54. The molecule has 1 saturated heterocycles. The lowest BCUT2D eigenvalue weighted by molar-refractivity contribution is -0.936. The van der Waals surface area contributed by atoms with Gasteiger partial charge in [0.05, 0.1) is 10.6 Å². The number of non-ortho nitro benzene ring substituents is 1. The molecule has 2 atom stereocenters. The molecule has 31 heavy (non-hydrogen) atoms. The van der Waals surface area contributed by atoms with Gasteiger partial charge < -0.3 is 0 Å². The predicted octanol–water partition coefficient (Wildman–Crippen LogP) is 2.94. The third-order valence-corrected chi connectivity index (χ3v) is 5.41. The molecule has 0 aromatic heterocycles. The third-order valence-electron chi connectivity index (χ3n) is 5.41. The van der Waals surface area contributed by atoms with Crippen LogP contribution in [0.4, 0.5) is 5.69 Å². The third kappa shape index (κ3) is 4.51. The lowest BCUT2D eigenvalue weighted by Crippen LogP contribution is -3.09. The van der Waals surface area contributed by atoms with Gasteiger partial charge in [-0.1, -0.05) is 60.7 Å². The lowest BCUT2D eigenvalue weighted by atomic mass is 10.1. The summed E-state index contributed by atoms with van der Waals surface area (Å²) in [6.07, 6.45) is -0.368. The topological polar surface area (TPSA) is 80.2 Å². The van der Waals surface area contributed by atoms with Gasteiger partial charge >= 0.3 is 5.91 Å². The summed E-state index contributed by atoms with van der Waals surface area (Å²) in [4.78, 5) is 24.7. The molecule has 0 radical (unpaired) electrons. The van der Waals surface area contributed by atoms with Crippen LogP contribution >= 0.6 is 0 Å². The summed E-state index contributed by atoms with van der Waals surface area (Å²) in [5.74, 6) is -0.0791. The van der Waals surface area contributed by atoms with Crippen LogP contribution in [0.1, 0.15) is 29.8 Å². The standard InChI is InChI=1S/C24H22N4O3/c1-18(20-10-6-3-7-11-20)25-27-23(29)17-26(16-19-8-4-2-5-9-19)24(27)21-12-14-22(15-13-21)28(30)31/h2-15,24H,16-17H2,1H3/p+1/b25-18-/t24-/m0/s1. The van der Waals surface area contributed by atoms with Gasteiger partial charge in [-0.3, -0.25) is 19.8 Å². The van der Waals surface area contributed by atoms with Crippen molar-refractivity contribution in [1.29, 1.82) is 0 Å². The van der Waals surface area contributed by atoms with Gasteiger partial charge in [0.2, 0.25) is 6.17 Å². The van der Waals surface area contributed by atoms with E-state index in [0.717, 1.165) is 27.3 Å². The van der Waals surface area contributed by atoms with Crippen molar-refractivity contribution in [2.75, 3.05) is 6.54 Å². The summed E-state index contributed by atoms with van der Waals surface area (Å²) in [5, 5.41) is 17.3. The van der Waals surface area contributed by atoms with E-state index in [2.05, 4.69) is 5.10 Å². The van der Waals surface area contributed by atoms with E-state index in [9.17, 15) is 14.9 Å². The summed E-state index contributed by atoms with van der Waals surface area (Å²) in [6.45, 7) is 2.82. The maximum absolute atomic E-state index is 13.0. The normalized spacial score (nSPS) is 18.9. The molecule has 0 bridgehead atoms. The maximum Gasteiger partial charge on any atom is 0.303 e. The van der Waals surface area contributed by atoms with Crippen molar-refractivity contribution >= 4 is 17.3 Å². The number of hydrogen-bond acceptors (Lipinski definition) is 4. The number of nitrogens with one attached hydrogen (secondary N) is 1. The molecule has 1 amide bonds. The van der Waals surface area contributed by atoms with Crippen LogP contribution in [0.2, 0.25) is 0 Å². The van der Waals surface area contributed by atoms with Gasteiger partial charge in [-0.2, -0.15) is 10.1 Å². The molecule has 0 spiro atoms. The minimum atomic E-state index is -0.423. The smallest absolute Gasteiger partial charge is 0.298 e. The van der Waals surface area contributed by atoms with Crippen molar-refractivity contribution in [1.82, 2.24) is 5.01 Å². The van der Waals surface area contributed by atoms with E-state index in [1.807, 2.05) is 67.6 Å². The highest BCUT2D eigenvalue weighted by Crippen LogP contribution is 2.23. The number of hydrogen-bond donors (Lipinski definition) is 1. The van der Waals surface area contributed by atoms with E-state index >= 15 is 0 Å². The predicted molar refractivity (Wildman–Crippen MR) is 117 cm³/mol. The van der Waals surface area contributed by atoms with Crippen molar-refractivity contribution in [2.24, 2.45) is 5.10 Å². The van der Waals surface area contributed by atoms with E-state index in [0.29, 0.717) is 13.1 Å². The summed E-state index contributed by atoms with van der Waals surface area (Å²) < 4.78 is 0. The first-order chi connectivity index (χ1) is 15.0. The molecule has 7 heteroatoms. The summed E-state index contributed by atoms with van der Waals surface area (Å²) in [7, 11) is 0. The first-order valence-corrected chi connectivity index (χ1v) is 10.1. The Morgan fingerprint density at radius 2 is 1.65 bits per heavy atom. The quantitative estimate of drug-likeness (QED) is 0.382. The van der Waals surface area contributed by atoms with Gasteiger partial charge in [0.1, 0.15) is 6.54 Å². The van der Waals surface area contributed by atoms with Crippen LogP contribution in [-0.4, -0.2) is 28.1 Å². The molecule has 0 saturated carbocycles. The number of nitro groups is 1. The van der Waals surface area contributed by atoms with E-state index < -0.39 is 4.92 Å². The first-order valence-electron chi connectivity index (χ1n) is 10.1. The molecule has 156 valence electrons. The molecule has 1 N–H and O–H groups in total. The van der Waals surface area contributed by atoms with E-state index in [-0.39, 0.29) is 17.8 Å². The number of amides is 1. The SMILES string of the molecule is C/C(=N/N1C(=O)C[NH+](Cc2ccccc2)[C@@H]1c1ccc([N+](=O)[O-])cc1)c1ccccc1. The average molecular weight is 415 g/mol. The highest BCUT2D eigenvalue weighted by molar-refractivity contribution is 5.99. The van der Waals surface area contributed by atoms with Crippen LogP contribution in [0.15, 0.2) is 90.0 Å². The summed E-state index contributed by atoms with van der Waals surface area (Å²) in [5.41, 5.74) is 3.62. The van der Waals surface area contributed by atoms with Gasteiger partial charge in [-0.05, 0) is 24.6 Å². The highest BCUT2D eigenvalue weighted by atomic mass is 16.6. The molecule has 1 aliphatic heterocycles. The summed E-state index contributed by atoms with van der Waals surface area (Å²) >= 11 is 0. The van der Waals surface area contributed by atoms with E-state index in [1.165, 1.54) is 17.1 Å². The fourth-order valence-corrected chi connectivity index (χ4v) is 3.87. The molecule has 1 fully saturated rings. The molecule has 3 aromatic carbocycles. The number of nitrogens with zero attached hydrogens (tertiary/aromatic N) is 3. The fraction of sp³-hybridized carbons (Fsp3) is 0.167. The average Bonchev–Trinajstić information content (AvgIpc) is 3.09. The van der Waals surface area contributed by atoms with E-state index in [4.69, 9.17) is 0 Å². The molecule has 1 aliphatic rings. The fourth-order valence-electron chi connectivity index (χ4n) is 3.87. The number of benzene rings is 3. The van der Waals surface area contributed by atoms with Gasteiger partial charge in [0, 0.05) is 23.3 Å². The monoisotopic (exact) mass is 415 g/mol. The van der Waals surface area contributed by atoms with Crippen molar-refractivity contribution in [3.63, 3.8) is 0 Å². The molecule has 1 unspecified atom stereocenters. The Balaban J connectivity index is 1.71. The number of rotatable bonds is 6. The van der Waals surface area contributed by atoms with Crippen LogP contribution in [-0.2, 0) is 11.3 Å². The van der Waals surface area contributed by atoms with Crippen molar-refractivity contribution < 1.29 is 14.6 Å². The van der Waals surface area contributed by atoms with Gasteiger partial charge in [0.25, 0.3) is 5.69 Å². The van der Waals surface area contributed by atoms with Crippen LogP contribution < -0.4 is 4.90 Å². The van der Waals surface area contributed by atoms with Crippen molar-refractivity contribution in [2.45, 2.75) is 19.6 Å². The second-order valence-corrected chi connectivity index (χ2v) is 7.54. The Kier molecular flexibility index (Phi) is 5.86. The first kappa shape index (κ1) is 20.4. The lowest BCUT2D eigenvalue weighted by Gasteiger charge is -2.24. The Hall–Kier alpha value is -3.84. The van der Waals surface area contributed by atoms with Gasteiger partial charge in [0.15, 0.2) is 6.54 Å². The largest absolute Gasteiger partial charge is 0.303 e. The number of carbonyl (C=O) groups is 1. The number of nitro benzene ring substituents is 1. The summed E-state index contributed by atoms with van der Waals surface area (Å²) in [6, 6.07) is 26.1. The van der Waals surface area contributed by atoms with Crippen LogP contribution in [0.3, 0.4) is 0 Å². The molecule has 1 heterocycles.